The molecule has 1 aromatic rings. The average Bonchev–Trinajstić information content (AvgIpc) is 2.33. The van der Waals surface area contributed by atoms with E-state index in [0.29, 0.717) is 17.9 Å². The lowest BCUT2D eigenvalue weighted by Gasteiger charge is -2.43. The topological polar surface area (TPSA) is 23.5 Å². The van der Waals surface area contributed by atoms with Gasteiger partial charge in [0, 0.05) is 18.2 Å². The lowest BCUT2D eigenvalue weighted by atomic mass is 9.85. The summed E-state index contributed by atoms with van der Waals surface area (Å²) in [6.07, 6.45) is 1.26. The van der Waals surface area contributed by atoms with Gasteiger partial charge in [-0.2, -0.15) is 0 Å². The van der Waals surface area contributed by atoms with Crippen molar-refractivity contribution in [3.63, 3.8) is 0 Å². The van der Waals surface area contributed by atoms with Gasteiger partial charge >= 0.3 is 0 Å². The highest BCUT2D eigenvalue weighted by molar-refractivity contribution is 6.33. The van der Waals surface area contributed by atoms with Crippen molar-refractivity contribution in [1.82, 2.24) is 0 Å². The number of aliphatic hydroxyl groups is 1. The Morgan fingerprint density at radius 1 is 1.33 bits per heavy atom. The van der Waals surface area contributed by atoms with Crippen molar-refractivity contribution < 1.29 is 5.11 Å². The molecule has 3 heteroatoms. The highest BCUT2D eigenvalue weighted by Crippen LogP contribution is 2.37. The van der Waals surface area contributed by atoms with E-state index in [1.54, 1.807) is 0 Å². The maximum absolute atomic E-state index is 9.51. The summed E-state index contributed by atoms with van der Waals surface area (Å²) in [4.78, 5) is 2.37. The van der Waals surface area contributed by atoms with E-state index in [-0.39, 0.29) is 6.61 Å². The second-order valence-electron chi connectivity index (χ2n) is 5.62. The molecule has 1 N–H and O–H groups in total. The molecule has 3 unspecified atom stereocenters. The number of nitrogens with zero attached hydrogens (tertiary/aromatic N) is 1. The molecule has 0 spiro atoms. The van der Waals surface area contributed by atoms with Crippen molar-refractivity contribution in [2.24, 2.45) is 11.8 Å². The van der Waals surface area contributed by atoms with Crippen molar-refractivity contribution in [3.8, 4) is 0 Å². The third kappa shape index (κ3) is 2.50. The van der Waals surface area contributed by atoms with Gasteiger partial charge in [-0.3, -0.25) is 0 Å². The van der Waals surface area contributed by atoms with E-state index >= 15 is 0 Å². The zero-order valence-electron chi connectivity index (χ0n) is 11.4. The lowest BCUT2D eigenvalue weighted by molar-refractivity contribution is 0.276. The molecule has 3 atom stereocenters. The van der Waals surface area contributed by atoms with E-state index in [1.165, 1.54) is 6.42 Å². The van der Waals surface area contributed by atoms with Gasteiger partial charge in [-0.05, 0) is 31.2 Å². The lowest BCUT2D eigenvalue weighted by Crippen LogP contribution is -2.46. The molecular formula is C15H22ClNO. The van der Waals surface area contributed by atoms with Gasteiger partial charge in [-0.25, -0.2) is 0 Å². The van der Waals surface area contributed by atoms with Crippen molar-refractivity contribution in [3.05, 3.63) is 28.8 Å². The Morgan fingerprint density at radius 2 is 2.06 bits per heavy atom. The number of benzene rings is 1. The van der Waals surface area contributed by atoms with Crippen molar-refractivity contribution >= 4 is 17.3 Å². The van der Waals surface area contributed by atoms with E-state index in [9.17, 15) is 5.11 Å². The molecule has 1 aliphatic heterocycles. The van der Waals surface area contributed by atoms with Crippen molar-refractivity contribution in [2.45, 2.75) is 39.8 Å². The minimum Gasteiger partial charge on any atom is -0.392 e. The molecule has 1 fully saturated rings. The van der Waals surface area contributed by atoms with E-state index in [0.717, 1.165) is 22.8 Å². The SMILES string of the molecule is CC1CC(C)C(C)N(c2c(Cl)cccc2CO)C1. The highest BCUT2D eigenvalue weighted by Gasteiger charge is 2.30. The van der Waals surface area contributed by atoms with Crippen LogP contribution >= 0.6 is 11.6 Å². The predicted molar refractivity (Wildman–Crippen MR) is 77.1 cm³/mol. The van der Waals surface area contributed by atoms with Crippen molar-refractivity contribution in [1.29, 1.82) is 0 Å². The Balaban J connectivity index is 2.40. The van der Waals surface area contributed by atoms with Gasteiger partial charge in [-0.15, -0.1) is 0 Å². The van der Waals surface area contributed by atoms with E-state index in [4.69, 9.17) is 11.6 Å². The molecule has 18 heavy (non-hydrogen) atoms. The second-order valence-corrected chi connectivity index (χ2v) is 6.02. The van der Waals surface area contributed by atoms with Crippen LogP contribution < -0.4 is 4.90 Å². The molecule has 1 saturated heterocycles. The molecule has 1 aliphatic rings. The first kappa shape index (κ1) is 13.7. The molecule has 0 saturated carbocycles. The van der Waals surface area contributed by atoms with Gasteiger partial charge in [-0.1, -0.05) is 37.6 Å². The fourth-order valence-corrected chi connectivity index (χ4v) is 3.32. The number of anilines is 1. The normalized spacial score (nSPS) is 28.5. The largest absolute Gasteiger partial charge is 0.392 e. The summed E-state index contributed by atoms with van der Waals surface area (Å²) in [5.74, 6) is 1.32. The third-order valence-electron chi connectivity index (χ3n) is 4.13. The van der Waals surface area contributed by atoms with Crippen molar-refractivity contribution in [2.75, 3.05) is 11.4 Å². The zero-order chi connectivity index (χ0) is 13.3. The van der Waals surface area contributed by atoms with Gasteiger partial charge < -0.3 is 10.0 Å². The second kappa shape index (κ2) is 5.50. The summed E-state index contributed by atoms with van der Waals surface area (Å²) in [5, 5.41) is 10.3. The molecule has 0 radical (unpaired) electrons. The molecule has 2 rings (SSSR count). The Kier molecular flexibility index (Phi) is 4.18. The van der Waals surface area contributed by atoms with Crippen LogP contribution in [-0.2, 0) is 6.61 Å². The number of piperidine rings is 1. The molecular weight excluding hydrogens is 246 g/mol. The van der Waals surface area contributed by atoms with E-state index in [2.05, 4.69) is 25.7 Å². The Bertz CT molecular complexity index is 421. The zero-order valence-corrected chi connectivity index (χ0v) is 12.1. The van der Waals surface area contributed by atoms with E-state index < -0.39 is 0 Å². The first-order chi connectivity index (χ1) is 8.54. The standard InChI is InChI=1S/C15H22ClNO/c1-10-7-11(2)12(3)17(8-10)15-13(9-18)5-4-6-14(15)16/h4-6,10-12,18H,7-9H2,1-3H3. The van der Waals surface area contributed by atoms with Gasteiger partial charge in [0.05, 0.1) is 17.3 Å². The van der Waals surface area contributed by atoms with Gasteiger partial charge in [0.1, 0.15) is 0 Å². The first-order valence-corrected chi connectivity index (χ1v) is 7.07. The predicted octanol–water partition coefficient (Wildman–Crippen LogP) is 3.70. The number of hydrogen-bond acceptors (Lipinski definition) is 2. The maximum atomic E-state index is 9.51. The monoisotopic (exact) mass is 267 g/mol. The first-order valence-electron chi connectivity index (χ1n) is 6.69. The average molecular weight is 268 g/mol. The van der Waals surface area contributed by atoms with Crippen LogP contribution in [0.4, 0.5) is 5.69 Å². The minimum absolute atomic E-state index is 0.0435. The molecule has 1 aromatic carbocycles. The van der Waals surface area contributed by atoms with Crippen LogP contribution in [0, 0.1) is 11.8 Å². The van der Waals surface area contributed by atoms with Gasteiger partial charge in [0.25, 0.3) is 0 Å². The van der Waals surface area contributed by atoms with Crippen LogP contribution in [-0.4, -0.2) is 17.7 Å². The van der Waals surface area contributed by atoms with E-state index in [1.807, 2.05) is 18.2 Å². The van der Waals surface area contributed by atoms with Gasteiger partial charge in [0.2, 0.25) is 0 Å². The molecule has 1 heterocycles. The molecule has 0 aliphatic carbocycles. The Hall–Kier alpha value is -0.730. The number of aliphatic hydroxyl groups excluding tert-OH is 1. The molecule has 100 valence electrons. The maximum Gasteiger partial charge on any atom is 0.0702 e. The van der Waals surface area contributed by atoms with Crippen LogP contribution in [0.2, 0.25) is 5.02 Å². The van der Waals surface area contributed by atoms with Gasteiger partial charge in [0.15, 0.2) is 0 Å². The van der Waals surface area contributed by atoms with Crippen LogP contribution in [0.5, 0.6) is 0 Å². The highest BCUT2D eigenvalue weighted by atomic mass is 35.5. The van der Waals surface area contributed by atoms with Crippen LogP contribution in [0.3, 0.4) is 0 Å². The molecule has 0 aromatic heterocycles. The minimum atomic E-state index is 0.0435. The molecule has 2 nitrogen and oxygen atoms in total. The third-order valence-corrected chi connectivity index (χ3v) is 4.43. The summed E-state index contributed by atoms with van der Waals surface area (Å²) in [7, 11) is 0. The Labute approximate surface area is 115 Å². The molecule has 0 amide bonds. The summed E-state index contributed by atoms with van der Waals surface area (Å²) < 4.78 is 0. The van der Waals surface area contributed by atoms with Crippen LogP contribution in [0.25, 0.3) is 0 Å². The Morgan fingerprint density at radius 3 is 2.72 bits per heavy atom. The number of halogens is 1. The summed E-state index contributed by atoms with van der Waals surface area (Å²) in [6, 6.07) is 6.23. The summed E-state index contributed by atoms with van der Waals surface area (Å²) >= 11 is 6.35. The summed E-state index contributed by atoms with van der Waals surface area (Å²) in [6.45, 7) is 7.89. The number of rotatable bonds is 2. The quantitative estimate of drug-likeness (QED) is 0.883. The smallest absolute Gasteiger partial charge is 0.0702 e. The summed E-state index contributed by atoms with van der Waals surface area (Å²) in [5.41, 5.74) is 1.95. The number of para-hydroxylation sites is 1. The fourth-order valence-electron chi connectivity index (χ4n) is 3.02. The molecule has 0 bridgehead atoms. The van der Waals surface area contributed by atoms with Crippen LogP contribution in [0.15, 0.2) is 18.2 Å². The fraction of sp³-hybridized carbons (Fsp3) is 0.600. The van der Waals surface area contributed by atoms with Crippen LogP contribution in [0.1, 0.15) is 32.8 Å². The number of hydrogen-bond donors (Lipinski definition) is 1.